The van der Waals surface area contributed by atoms with E-state index < -0.39 is 19.2 Å². The zero-order valence-corrected chi connectivity index (χ0v) is 17.0. The van der Waals surface area contributed by atoms with Crippen molar-refractivity contribution in [3.05, 3.63) is 39.2 Å². The predicted molar refractivity (Wildman–Crippen MR) is 98.5 cm³/mol. The number of benzene rings is 1. The highest BCUT2D eigenvalue weighted by atomic mass is 35.5. The Bertz CT molecular complexity index is 772. The van der Waals surface area contributed by atoms with Gasteiger partial charge in [-0.2, -0.15) is 0 Å². The van der Waals surface area contributed by atoms with Crippen molar-refractivity contribution in [2.45, 2.75) is 26.4 Å². The minimum absolute atomic E-state index is 0.0915. The SMILES string of the molecule is CCOC(=O)C1=C(N)Oc2c(Cl)cc(Cl)cc2C1P(=O)(OCC)OCC. The second kappa shape index (κ2) is 8.63. The third-order valence-corrected chi connectivity index (χ3v) is 6.42. The Morgan fingerprint density at radius 2 is 1.81 bits per heavy atom. The molecule has 144 valence electrons. The van der Waals surface area contributed by atoms with Crippen LogP contribution in [0.4, 0.5) is 0 Å². The maximum absolute atomic E-state index is 13.5. The van der Waals surface area contributed by atoms with E-state index >= 15 is 0 Å². The fourth-order valence-electron chi connectivity index (χ4n) is 2.64. The number of hydrogen-bond donors (Lipinski definition) is 1. The van der Waals surface area contributed by atoms with Crippen molar-refractivity contribution < 1.29 is 27.9 Å². The number of rotatable bonds is 7. The normalized spacial score (nSPS) is 16.9. The van der Waals surface area contributed by atoms with Gasteiger partial charge < -0.3 is 24.3 Å². The molecule has 10 heteroatoms. The Kier molecular flexibility index (Phi) is 6.99. The van der Waals surface area contributed by atoms with Crippen LogP contribution in [-0.4, -0.2) is 25.8 Å². The zero-order chi connectivity index (χ0) is 19.5. The van der Waals surface area contributed by atoms with Crippen LogP contribution in [0.15, 0.2) is 23.6 Å². The van der Waals surface area contributed by atoms with Crippen LogP contribution in [0.2, 0.25) is 10.0 Å². The molecule has 0 aliphatic carbocycles. The number of esters is 1. The molecule has 2 rings (SSSR count). The van der Waals surface area contributed by atoms with Gasteiger partial charge in [-0.15, -0.1) is 0 Å². The van der Waals surface area contributed by atoms with Crippen LogP contribution in [0.5, 0.6) is 5.75 Å². The summed E-state index contributed by atoms with van der Waals surface area (Å²) in [7, 11) is -3.87. The molecule has 7 nitrogen and oxygen atoms in total. The summed E-state index contributed by atoms with van der Waals surface area (Å²) in [5.74, 6) is -0.910. The van der Waals surface area contributed by atoms with Gasteiger partial charge in [0.25, 0.3) is 0 Å². The fourth-order valence-corrected chi connectivity index (χ4v) is 5.36. The first-order chi connectivity index (χ1) is 12.3. The summed E-state index contributed by atoms with van der Waals surface area (Å²) in [5, 5.41) is 0.425. The quantitative estimate of drug-likeness (QED) is 0.511. The molecule has 1 atom stereocenters. The van der Waals surface area contributed by atoms with E-state index in [-0.39, 0.29) is 52.6 Å². The van der Waals surface area contributed by atoms with Crippen molar-refractivity contribution in [3.8, 4) is 5.75 Å². The average molecular weight is 424 g/mol. The van der Waals surface area contributed by atoms with E-state index in [9.17, 15) is 9.36 Å². The lowest BCUT2D eigenvalue weighted by Gasteiger charge is -2.32. The van der Waals surface area contributed by atoms with Crippen LogP contribution in [-0.2, 0) is 23.1 Å². The molecule has 1 aromatic carbocycles. The van der Waals surface area contributed by atoms with Gasteiger partial charge in [0.1, 0.15) is 11.2 Å². The molecule has 1 aliphatic heterocycles. The van der Waals surface area contributed by atoms with Crippen molar-refractivity contribution in [1.29, 1.82) is 0 Å². The van der Waals surface area contributed by atoms with Gasteiger partial charge in [-0.1, -0.05) is 23.2 Å². The summed E-state index contributed by atoms with van der Waals surface area (Å²) in [4.78, 5) is 12.5. The van der Waals surface area contributed by atoms with Crippen LogP contribution < -0.4 is 10.5 Å². The molecule has 0 bridgehead atoms. The molecule has 0 saturated heterocycles. The van der Waals surface area contributed by atoms with Crippen LogP contribution in [0.3, 0.4) is 0 Å². The van der Waals surface area contributed by atoms with E-state index in [1.807, 2.05) is 0 Å². The molecule has 1 aromatic rings. The lowest BCUT2D eigenvalue weighted by Crippen LogP contribution is -2.28. The van der Waals surface area contributed by atoms with Gasteiger partial charge in [0, 0.05) is 10.6 Å². The molecule has 26 heavy (non-hydrogen) atoms. The Morgan fingerprint density at radius 1 is 1.19 bits per heavy atom. The van der Waals surface area contributed by atoms with E-state index in [1.54, 1.807) is 20.8 Å². The molecule has 0 spiro atoms. The third kappa shape index (κ3) is 4.02. The fraction of sp³-hybridized carbons (Fsp3) is 0.438. The van der Waals surface area contributed by atoms with Gasteiger partial charge in [0.15, 0.2) is 5.75 Å². The van der Waals surface area contributed by atoms with Gasteiger partial charge in [-0.25, -0.2) is 4.79 Å². The molecular weight excluding hydrogens is 404 g/mol. The molecule has 0 fully saturated rings. The Labute approximate surface area is 161 Å². The molecule has 0 radical (unpaired) electrons. The van der Waals surface area contributed by atoms with Gasteiger partial charge in [-0.3, -0.25) is 4.57 Å². The Morgan fingerprint density at radius 3 is 2.35 bits per heavy atom. The van der Waals surface area contributed by atoms with Gasteiger partial charge in [0.05, 0.1) is 24.8 Å². The van der Waals surface area contributed by atoms with Crippen molar-refractivity contribution in [1.82, 2.24) is 0 Å². The van der Waals surface area contributed by atoms with E-state index in [0.29, 0.717) is 0 Å². The number of carbonyl (C=O) groups is 1. The second-order valence-electron chi connectivity index (χ2n) is 5.18. The van der Waals surface area contributed by atoms with Crippen LogP contribution in [0.1, 0.15) is 32.0 Å². The molecule has 2 N–H and O–H groups in total. The maximum atomic E-state index is 13.5. The van der Waals surface area contributed by atoms with Crippen LogP contribution in [0, 0.1) is 0 Å². The standard InChI is InChI=1S/C16H20Cl2NO6P/c1-4-22-16(20)12-14(26(21,23-5-2)24-6-3)10-7-9(17)8-11(18)13(10)25-15(12)19/h7-8,14H,4-6,19H2,1-3H3. The smallest absolute Gasteiger partial charge is 0.343 e. The van der Waals surface area contributed by atoms with E-state index in [1.165, 1.54) is 12.1 Å². The number of halogens is 2. The lowest BCUT2D eigenvalue weighted by atomic mass is 10.0. The highest BCUT2D eigenvalue weighted by Gasteiger charge is 2.48. The topological polar surface area (TPSA) is 97.1 Å². The molecule has 1 heterocycles. The largest absolute Gasteiger partial charge is 0.462 e. The summed E-state index contributed by atoms with van der Waals surface area (Å²) in [6, 6.07) is 2.94. The molecule has 1 aliphatic rings. The van der Waals surface area contributed by atoms with E-state index in [2.05, 4.69) is 0 Å². The zero-order valence-electron chi connectivity index (χ0n) is 14.6. The first-order valence-corrected chi connectivity index (χ1v) is 10.4. The number of nitrogens with two attached hydrogens (primary N) is 1. The highest BCUT2D eigenvalue weighted by molar-refractivity contribution is 7.54. The summed E-state index contributed by atoms with van der Waals surface area (Å²) < 4.78 is 35.0. The lowest BCUT2D eigenvalue weighted by molar-refractivity contribution is -0.139. The maximum Gasteiger partial charge on any atom is 0.343 e. The van der Waals surface area contributed by atoms with E-state index in [4.69, 9.17) is 47.5 Å². The average Bonchev–Trinajstić information content (AvgIpc) is 2.55. The number of fused-ring (bicyclic) bond motifs is 1. The van der Waals surface area contributed by atoms with Gasteiger partial charge in [-0.05, 0) is 32.9 Å². The Hall–Kier alpha value is -1.24. The van der Waals surface area contributed by atoms with Gasteiger partial charge >= 0.3 is 13.6 Å². The number of hydrogen-bond acceptors (Lipinski definition) is 7. The first-order valence-electron chi connectivity index (χ1n) is 8.01. The molecule has 0 amide bonds. The predicted octanol–water partition coefficient (Wildman–Crippen LogP) is 4.43. The van der Waals surface area contributed by atoms with Crippen LogP contribution in [0.25, 0.3) is 0 Å². The number of carbonyl (C=O) groups excluding carboxylic acids is 1. The highest BCUT2D eigenvalue weighted by Crippen LogP contribution is 2.67. The summed E-state index contributed by atoms with van der Waals surface area (Å²) >= 11 is 12.3. The molecule has 0 aromatic heterocycles. The summed E-state index contributed by atoms with van der Waals surface area (Å²) in [6.07, 6.45) is 0. The minimum Gasteiger partial charge on any atom is -0.462 e. The molecule has 1 unspecified atom stereocenters. The van der Waals surface area contributed by atoms with Crippen molar-refractivity contribution in [3.63, 3.8) is 0 Å². The van der Waals surface area contributed by atoms with E-state index in [0.717, 1.165) is 0 Å². The van der Waals surface area contributed by atoms with Crippen LogP contribution >= 0.6 is 30.8 Å². The number of ether oxygens (including phenoxy) is 2. The van der Waals surface area contributed by atoms with Crippen molar-refractivity contribution in [2.75, 3.05) is 19.8 Å². The molecule has 0 saturated carbocycles. The minimum atomic E-state index is -3.87. The Balaban J connectivity index is 2.75. The third-order valence-electron chi connectivity index (χ3n) is 3.51. The molecular formula is C16H20Cl2NO6P. The second-order valence-corrected chi connectivity index (χ2v) is 8.14. The first kappa shape index (κ1) is 21.1. The summed E-state index contributed by atoms with van der Waals surface area (Å²) in [6.45, 7) is 5.24. The monoisotopic (exact) mass is 423 g/mol. The summed E-state index contributed by atoms with van der Waals surface area (Å²) in [5.41, 5.74) is 4.90. The van der Waals surface area contributed by atoms with Gasteiger partial charge in [0.2, 0.25) is 5.88 Å². The van der Waals surface area contributed by atoms with Crippen molar-refractivity contribution in [2.24, 2.45) is 5.73 Å². The van der Waals surface area contributed by atoms with Crippen molar-refractivity contribution >= 4 is 36.8 Å².